The van der Waals surface area contributed by atoms with Crippen LogP contribution in [0.1, 0.15) is 10.5 Å². The van der Waals surface area contributed by atoms with Gasteiger partial charge in [0.05, 0.1) is 6.20 Å². The van der Waals surface area contributed by atoms with E-state index in [4.69, 9.17) is 11.6 Å². The van der Waals surface area contributed by atoms with Gasteiger partial charge in [0.1, 0.15) is 5.69 Å². The Kier molecular flexibility index (Phi) is 2.57. The van der Waals surface area contributed by atoms with Crippen LogP contribution >= 0.6 is 11.6 Å². The molecule has 0 N–H and O–H groups in total. The molecule has 0 saturated carbocycles. The summed E-state index contributed by atoms with van der Waals surface area (Å²) in [5, 5.41) is 4.85. The van der Waals surface area contributed by atoms with Gasteiger partial charge >= 0.3 is 0 Å². The Balaban J connectivity index is 2.26. The van der Waals surface area contributed by atoms with Gasteiger partial charge < -0.3 is 0 Å². The molecule has 3 aromatic rings. The molecular weight excluding hydrogens is 250 g/mol. The van der Waals surface area contributed by atoms with Crippen LogP contribution in [-0.2, 0) is 0 Å². The second kappa shape index (κ2) is 4.23. The second-order valence-corrected chi connectivity index (χ2v) is 4.24. The number of aromatic nitrogens is 3. The fourth-order valence-corrected chi connectivity index (χ4v) is 2.00. The number of hydrogen-bond acceptors (Lipinski definition) is 3. The van der Waals surface area contributed by atoms with Crippen LogP contribution in [0.25, 0.3) is 16.8 Å². The van der Waals surface area contributed by atoms with Gasteiger partial charge in [-0.05, 0) is 23.8 Å². The number of halogens is 1. The summed E-state index contributed by atoms with van der Waals surface area (Å²) in [6.45, 7) is 0. The normalized spacial score (nSPS) is 10.7. The zero-order valence-electron chi connectivity index (χ0n) is 9.25. The Morgan fingerprint density at radius 3 is 2.94 bits per heavy atom. The van der Waals surface area contributed by atoms with E-state index in [0.29, 0.717) is 16.4 Å². The van der Waals surface area contributed by atoms with Crippen LogP contribution in [0.5, 0.6) is 0 Å². The predicted molar refractivity (Wildman–Crippen MR) is 68.8 cm³/mol. The maximum absolute atomic E-state index is 10.8. The van der Waals surface area contributed by atoms with E-state index in [0.717, 1.165) is 17.4 Å². The summed E-state index contributed by atoms with van der Waals surface area (Å²) in [6, 6.07) is 9.06. The number of carbonyl (C=O) groups excluding carboxylic acids is 1. The summed E-state index contributed by atoms with van der Waals surface area (Å²) in [5.74, 6) is 0. The molecule has 0 aliphatic rings. The number of carbonyl (C=O) groups is 1. The van der Waals surface area contributed by atoms with Crippen molar-refractivity contribution < 1.29 is 4.79 Å². The summed E-state index contributed by atoms with van der Waals surface area (Å²) in [4.78, 5) is 15.0. The minimum Gasteiger partial charge on any atom is -0.296 e. The fraction of sp³-hybridized carbons (Fsp3) is 0. The van der Waals surface area contributed by atoms with E-state index in [1.54, 1.807) is 29.0 Å². The van der Waals surface area contributed by atoms with Crippen LogP contribution in [0, 0.1) is 0 Å². The van der Waals surface area contributed by atoms with Crippen LogP contribution in [0.4, 0.5) is 0 Å². The molecule has 3 rings (SSSR count). The van der Waals surface area contributed by atoms with E-state index < -0.39 is 0 Å². The van der Waals surface area contributed by atoms with E-state index in [1.807, 2.05) is 18.2 Å². The summed E-state index contributed by atoms with van der Waals surface area (Å²) in [6.07, 6.45) is 4.14. The van der Waals surface area contributed by atoms with Gasteiger partial charge in [0.2, 0.25) is 0 Å². The highest BCUT2D eigenvalue weighted by Gasteiger charge is 2.08. The maximum atomic E-state index is 10.8. The van der Waals surface area contributed by atoms with Crippen molar-refractivity contribution in [3.05, 3.63) is 53.4 Å². The SMILES string of the molecule is O=Cc1ccn2ncc(-c3cccc(Cl)c3)c2n1. The minimum absolute atomic E-state index is 0.381. The third-order valence-electron chi connectivity index (χ3n) is 2.65. The van der Waals surface area contributed by atoms with E-state index in [1.165, 1.54) is 0 Å². The molecule has 0 spiro atoms. The van der Waals surface area contributed by atoms with Crippen molar-refractivity contribution in [2.75, 3.05) is 0 Å². The lowest BCUT2D eigenvalue weighted by Crippen LogP contribution is -1.94. The van der Waals surface area contributed by atoms with Gasteiger partial charge in [0.15, 0.2) is 11.9 Å². The number of hydrogen-bond donors (Lipinski definition) is 0. The molecule has 2 aromatic heterocycles. The van der Waals surface area contributed by atoms with Crippen molar-refractivity contribution in [3.63, 3.8) is 0 Å². The molecule has 0 atom stereocenters. The maximum Gasteiger partial charge on any atom is 0.168 e. The number of aldehydes is 1. The molecule has 0 saturated heterocycles. The van der Waals surface area contributed by atoms with Crippen LogP contribution in [0.3, 0.4) is 0 Å². The van der Waals surface area contributed by atoms with Gasteiger partial charge in [-0.3, -0.25) is 4.79 Å². The first-order chi connectivity index (χ1) is 8.78. The third-order valence-corrected chi connectivity index (χ3v) is 2.88. The fourth-order valence-electron chi connectivity index (χ4n) is 1.81. The lowest BCUT2D eigenvalue weighted by Gasteiger charge is -2.00. The molecule has 0 radical (unpaired) electrons. The van der Waals surface area contributed by atoms with Gasteiger partial charge in [-0.1, -0.05) is 23.7 Å². The summed E-state index contributed by atoms with van der Waals surface area (Å²) < 4.78 is 1.63. The van der Waals surface area contributed by atoms with Gasteiger partial charge in [-0.2, -0.15) is 5.10 Å². The van der Waals surface area contributed by atoms with E-state index in [2.05, 4.69) is 10.1 Å². The van der Waals surface area contributed by atoms with Crippen molar-refractivity contribution in [2.45, 2.75) is 0 Å². The summed E-state index contributed by atoms with van der Waals surface area (Å²) in [5.41, 5.74) is 2.79. The standard InChI is InChI=1S/C13H8ClN3O/c14-10-3-1-2-9(6-10)12-7-15-17-5-4-11(8-18)16-13(12)17/h1-8H. The van der Waals surface area contributed by atoms with Crippen LogP contribution in [-0.4, -0.2) is 20.9 Å². The molecule has 0 aliphatic heterocycles. The molecule has 0 amide bonds. The lowest BCUT2D eigenvalue weighted by molar-refractivity contribution is 0.111. The van der Waals surface area contributed by atoms with Crippen LogP contribution < -0.4 is 0 Å². The first-order valence-corrected chi connectivity index (χ1v) is 5.71. The molecule has 1 aromatic carbocycles. The lowest BCUT2D eigenvalue weighted by atomic mass is 10.1. The van der Waals surface area contributed by atoms with Crippen LogP contribution in [0.2, 0.25) is 5.02 Å². The molecule has 18 heavy (non-hydrogen) atoms. The van der Waals surface area contributed by atoms with Gasteiger partial charge in [-0.15, -0.1) is 0 Å². The van der Waals surface area contributed by atoms with Gasteiger partial charge in [-0.25, -0.2) is 9.50 Å². The highest BCUT2D eigenvalue weighted by Crippen LogP contribution is 2.25. The quantitative estimate of drug-likeness (QED) is 0.663. The molecule has 4 nitrogen and oxygen atoms in total. The Morgan fingerprint density at radius 2 is 2.17 bits per heavy atom. The molecular formula is C13H8ClN3O. The molecule has 0 bridgehead atoms. The molecule has 0 fully saturated rings. The topological polar surface area (TPSA) is 47.3 Å². The summed E-state index contributed by atoms with van der Waals surface area (Å²) >= 11 is 5.97. The number of rotatable bonds is 2. The number of nitrogens with zero attached hydrogens (tertiary/aromatic N) is 3. The Morgan fingerprint density at radius 1 is 1.28 bits per heavy atom. The average molecular weight is 258 g/mol. The molecule has 0 aliphatic carbocycles. The summed E-state index contributed by atoms with van der Waals surface area (Å²) in [7, 11) is 0. The largest absolute Gasteiger partial charge is 0.296 e. The third kappa shape index (κ3) is 1.76. The van der Waals surface area contributed by atoms with E-state index in [9.17, 15) is 4.79 Å². The Hall–Kier alpha value is -2.20. The van der Waals surface area contributed by atoms with Gasteiger partial charge in [0, 0.05) is 16.8 Å². The average Bonchev–Trinajstić information content (AvgIpc) is 2.81. The molecule has 5 heteroatoms. The second-order valence-electron chi connectivity index (χ2n) is 3.81. The highest BCUT2D eigenvalue weighted by molar-refractivity contribution is 6.30. The smallest absolute Gasteiger partial charge is 0.168 e. The van der Waals surface area contributed by atoms with Crippen molar-refractivity contribution in [1.82, 2.24) is 14.6 Å². The monoisotopic (exact) mass is 257 g/mol. The van der Waals surface area contributed by atoms with E-state index >= 15 is 0 Å². The van der Waals surface area contributed by atoms with Crippen molar-refractivity contribution >= 4 is 23.5 Å². The Labute approximate surface area is 108 Å². The molecule has 2 heterocycles. The first kappa shape index (κ1) is 10.9. The molecule has 0 unspecified atom stereocenters. The zero-order chi connectivity index (χ0) is 12.5. The van der Waals surface area contributed by atoms with Crippen molar-refractivity contribution in [2.24, 2.45) is 0 Å². The van der Waals surface area contributed by atoms with Crippen molar-refractivity contribution in [1.29, 1.82) is 0 Å². The molecule has 88 valence electrons. The highest BCUT2D eigenvalue weighted by atomic mass is 35.5. The van der Waals surface area contributed by atoms with Crippen LogP contribution in [0.15, 0.2) is 42.7 Å². The van der Waals surface area contributed by atoms with E-state index in [-0.39, 0.29) is 0 Å². The first-order valence-electron chi connectivity index (χ1n) is 5.33. The van der Waals surface area contributed by atoms with Gasteiger partial charge in [0.25, 0.3) is 0 Å². The zero-order valence-corrected chi connectivity index (χ0v) is 10.0. The van der Waals surface area contributed by atoms with Crippen molar-refractivity contribution in [3.8, 4) is 11.1 Å². The predicted octanol–water partition coefficient (Wildman–Crippen LogP) is 2.86. The minimum atomic E-state index is 0.381. The number of fused-ring (bicyclic) bond motifs is 1. The Bertz CT molecular complexity index is 736. The number of benzene rings is 1.